The summed E-state index contributed by atoms with van der Waals surface area (Å²) in [5.41, 5.74) is 3.03. The third-order valence-electron chi connectivity index (χ3n) is 5.36. The molecule has 0 spiro atoms. The molecule has 0 amide bonds. The fraction of sp³-hybridized carbons (Fsp3) is 0.107. The molecule has 0 bridgehead atoms. The number of hydrogen-bond acceptors (Lipinski definition) is 3. The van der Waals surface area contributed by atoms with Gasteiger partial charge in [0.05, 0.1) is 12.7 Å². The van der Waals surface area contributed by atoms with Crippen molar-refractivity contribution in [3.05, 3.63) is 119 Å². The minimum atomic E-state index is -0.697. The van der Waals surface area contributed by atoms with E-state index in [0.29, 0.717) is 34.6 Å². The summed E-state index contributed by atoms with van der Waals surface area (Å²) in [6.45, 7) is 0.366. The lowest BCUT2D eigenvalue weighted by Gasteiger charge is -2.13. The van der Waals surface area contributed by atoms with Gasteiger partial charge in [0.1, 0.15) is 41.6 Å². The first-order chi connectivity index (χ1) is 16.4. The van der Waals surface area contributed by atoms with Crippen molar-refractivity contribution in [3.8, 4) is 28.7 Å². The summed E-state index contributed by atoms with van der Waals surface area (Å²) in [7, 11) is 1.61. The molecule has 0 fully saturated rings. The second-order valence-electron chi connectivity index (χ2n) is 7.72. The van der Waals surface area contributed by atoms with Gasteiger partial charge in [-0.15, -0.1) is 0 Å². The highest BCUT2D eigenvalue weighted by atomic mass is 19.1. The van der Waals surface area contributed by atoms with E-state index in [4.69, 9.17) is 9.47 Å². The molecule has 0 heterocycles. The maximum absolute atomic E-state index is 14.4. The molecule has 0 saturated heterocycles. The predicted molar refractivity (Wildman–Crippen MR) is 123 cm³/mol. The Morgan fingerprint density at radius 3 is 2.03 bits per heavy atom. The van der Waals surface area contributed by atoms with E-state index < -0.39 is 17.5 Å². The van der Waals surface area contributed by atoms with Gasteiger partial charge in [0.2, 0.25) is 0 Å². The highest BCUT2D eigenvalue weighted by Crippen LogP contribution is 2.30. The maximum Gasteiger partial charge on any atom is 0.141 e. The summed E-state index contributed by atoms with van der Waals surface area (Å²) in [5.74, 6) is -0.663. The minimum Gasteiger partial charge on any atom is -0.497 e. The first kappa shape index (κ1) is 22.9. The van der Waals surface area contributed by atoms with E-state index in [9.17, 15) is 18.4 Å². The quantitative estimate of drug-likeness (QED) is 0.305. The lowest BCUT2D eigenvalue weighted by molar-refractivity contribution is 0.306. The Hall–Kier alpha value is -4.24. The standard InChI is InChI=1S/C28H20F3NO2/c1-33-25-6-2-18(3-7-25)17-34-26-8-4-20(5-9-26)27-15-28(31)22(16-32)13-21(27)10-19-11-23(29)14-24(30)12-19/h2-9,11-15H,10,17H2,1H3. The minimum absolute atomic E-state index is 0.130. The molecular formula is C28H20F3NO2. The van der Waals surface area contributed by atoms with Crippen molar-refractivity contribution >= 4 is 0 Å². The molecule has 0 aliphatic rings. The van der Waals surface area contributed by atoms with E-state index >= 15 is 0 Å². The van der Waals surface area contributed by atoms with E-state index in [1.54, 1.807) is 31.4 Å². The number of methoxy groups -OCH3 is 1. The zero-order valence-corrected chi connectivity index (χ0v) is 18.3. The zero-order valence-electron chi connectivity index (χ0n) is 18.3. The smallest absolute Gasteiger partial charge is 0.141 e. The number of nitrogens with zero attached hydrogens (tertiary/aromatic N) is 1. The molecule has 0 radical (unpaired) electrons. The first-order valence-electron chi connectivity index (χ1n) is 10.5. The van der Waals surface area contributed by atoms with Crippen molar-refractivity contribution in [2.45, 2.75) is 13.0 Å². The fourth-order valence-electron chi connectivity index (χ4n) is 3.67. The van der Waals surface area contributed by atoms with Gasteiger partial charge in [0.25, 0.3) is 0 Å². The van der Waals surface area contributed by atoms with Crippen LogP contribution in [0.25, 0.3) is 11.1 Å². The largest absolute Gasteiger partial charge is 0.497 e. The predicted octanol–water partition coefficient (Wildman–Crippen LogP) is 6.82. The van der Waals surface area contributed by atoms with Gasteiger partial charge in [-0.1, -0.05) is 24.3 Å². The van der Waals surface area contributed by atoms with Gasteiger partial charge in [-0.2, -0.15) is 5.26 Å². The van der Waals surface area contributed by atoms with Crippen LogP contribution >= 0.6 is 0 Å². The number of benzene rings is 4. The Bertz CT molecular complexity index is 1320. The summed E-state index contributed by atoms with van der Waals surface area (Å²) < 4.78 is 52.8. The fourth-order valence-corrected chi connectivity index (χ4v) is 3.67. The SMILES string of the molecule is COc1ccc(COc2ccc(-c3cc(F)c(C#N)cc3Cc3cc(F)cc(F)c3)cc2)cc1. The summed E-state index contributed by atoms with van der Waals surface area (Å²) in [4.78, 5) is 0. The van der Waals surface area contributed by atoms with Gasteiger partial charge < -0.3 is 9.47 Å². The van der Waals surface area contributed by atoms with Crippen LogP contribution in [-0.4, -0.2) is 7.11 Å². The molecule has 4 rings (SSSR count). The topological polar surface area (TPSA) is 42.2 Å². The Labute approximate surface area is 195 Å². The van der Waals surface area contributed by atoms with E-state index in [-0.39, 0.29) is 12.0 Å². The van der Waals surface area contributed by atoms with Crippen LogP contribution in [0.1, 0.15) is 22.3 Å². The molecule has 0 aliphatic carbocycles. The molecule has 0 saturated carbocycles. The highest BCUT2D eigenvalue weighted by Gasteiger charge is 2.14. The third kappa shape index (κ3) is 5.38. The summed E-state index contributed by atoms with van der Waals surface area (Å²) in [6, 6.07) is 22.4. The molecule has 0 unspecified atom stereocenters. The van der Waals surface area contributed by atoms with Crippen molar-refractivity contribution < 1.29 is 22.6 Å². The van der Waals surface area contributed by atoms with Crippen LogP contribution in [0, 0.1) is 28.8 Å². The molecule has 6 heteroatoms. The molecular weight excluding hydrogens is 439 g/mol. The van der Waals surface area contributed by atoms with Crippen LogP contribution in [0.5, 0.6) is 11.5 Å². The molecule has 0 aliphatic heterocycles. The van der Waals surface area contributed by atoms with Crippen LogP contribution in [0.3, 0.4) is 0 Å². The van der Waals surface area contributed by atoms with Gasteiger partial charge in [-0.05, 0) is 82.8 Å². The molecule has 4 aromatic rings. The summed E-state index contributed by atoms with van der Waals surface area (Å²) >= 11 is 0. The number of hydrogen-bond donors (Lipinski definition) is 0. The van der Waals surface area contributed by atoms with Gasteiger partial charge in [-0.25, -0.2) is 13.2 Å². The first-order valence-corrected chi connectivity index (χ1v) is 10.5. The van der Waals surface area contributed by atoms with Crippen LogP contribution in [0.15, 0.2) is 78.9 Å². The molecule has 0 atom stereocenters. The van der Waals surface area contributed by atoms with E-state index in [0.717, 1.165) is 17.4 Å². The van der Waals surface area contributed by atoms with Gasteiger partial charge in [0, 0.05) is 6.07 Å². The van der Waals surface area contributed by atoms with Crippen molar-refractivity contribution in [3.63, 3.8) is 0 Å². The average molecular weight is 459 g/mol. The van der Waals surface area contributed by atoms with Gasteiger partial charge in [0.15, 0.2) is 0 Å². The molecule has 0 aromatic heterocycles. The summed E-state index contributed by atoms with van der Waals surface area (Å²) in [5, 5.41) is 9.24. The number of ether oxygens (including phenoxy) is 2. The Kier molecular flexibility index (Phi) is 6.84. The van der Waals surface area contributed by atoms with E-state index in [1.165, 1.54) is 24.3 Å². The highest BCUT2D eigenvalue weighted by molar-refractivity contribution is 5.70. The molecule has 0 N–H and O–H groups in total. The summed E-state index contributed by atoms with van der Waals surface area (Å²) in [6.07, 6.45) is 0.134. The van der Waals surface area contributed by atoms with Gasteiger partial charge >= 0.3 is 0 Å². The maximum atomic E-state index is 14.4. The number of nitriles is 1. The second-order valence-corrected chi connectivity index (χ2v) is 7.72. The third-order valence-corrected chi connectivity index (χ3v) is 5.36. The van der Waals surface area contributed by atoms with Crippen LogP contribution in [0.2, 0.25) is 0 Å². The van der Waals surface area contributed by atoms with Gasteiger partial charge in [-0.3, -0.25) is 0 Å². The Morgan fingerprint density at radius 1 is 0.765 bits per heavy atom. The lowest BCUT2D eigenvalue weighted by Crippen LogP contribution is -1.98. The van der Waals surface area contributed by atoms with E-state index in [1.807, 2.05) is 30.3 Å². The van der Waals surface area contributed by atoms with Crippen LogP contribution in [0.4, 0.5) is 13.2 Å². The van der Waals surface area contributed by atoms with Crippen LogP contribution in [-0.2, 0) is 13.0 Å². The zero-order chi connectivity index (χ0) is 24.1. The molecule has 4 aromatic carbocycles. The second kappa shape index (κ2) is 10.1. The van der Waals surface area contributed by atoms with Crippen molar-refractivity contribution in [2.75, 3.05) is 7.11 Å². The Morgan fingerprint density at radius 2 is 1.41 bits per heavy atom. The number of rotatable bonds is 7. The molecule has 3 nitrogen and oxygen atoms in total. The molecule has 34 heavy (non-hydrogen) atoms. The van der Waals surface area contributed by atoms with Crippen molar-refractivity contribution in [2.24, 2.45) is 0 Å². The molecule has 170 valence electrons. The average Bonchev–Trinajstić information content (AvgIpc) is 2.83. The monoisotopic (exact) mass is 459 g/mol. The van der Waals surface area contributed by atoms with Crippen molar-refractivity contribution in [1.29, 1.82) is 5.26 Å². The Balaban J connectivity index is 1.58. The lowest BCUT2D eigenvalue weighted by atomic mass is 9.93. The van der Waals surface area contributed by atoms with Crippen LogP contribution < -0.4 is 9.47 Å². The number of halogens is 3. The van der Waals surface area contributed by atoms with Crippen molar-refractivity contribution in [1.82, 2.24) is 0 Å². The normalized spacial score (nSPS) is 10.6. The van der Waals surface area contributed by atoms with E-state index in [2.05, 4.69) is 0 Å².